The number of hydrogen-bond donors (Lipinski definition) is 0. The van der Waals surface area contributed by atoms with Gasteiger partial charge in [0.15, 0.2) is 0 Å². The number of aryl methyl sites for hydroxylation is 1. The monoisotopic (exact) mass is 335 g/mol. The first-order valence-corrected chi connectivity index (χ1v) is 8.66. The number of benzene rings is 1. The van der Waals surface area contributed by atoms with E-state index in [1.165, 1.54) is 17.5 Å². The zero-order chi connectivity index (χ0) is 17.3. The zero-order valence-corrected chi connectivity index (χ0v) is 14.4. The third-order valence-electron chi connectivity index (χ3n) is 4.19. The van der Waals surface area contributed by atoms with Crippen molar-refractivity contribution in [3.05, 3.63) is 54.1 Å². The van der Waals surface area contributed by atoms with Crippen molar-refractivity contribution in [2.24, 2.45) is 5.41 Å². The van der Waals surface area contributed by atoms with E-state index in [-0.39, 0.29) is 18.0 Å². The maximum Gasteiger partial charge on any atom is 0.330 e. The van der Waals surface area contributed by atoms with Crippen LogP contribution in [0.4, 0.5) is 0 Å². The minimum Gasteiger partial charge on any atom is -0.466 e. The molecule has 1 heterocycles. The minimum absolute atomic E-state index is 0.147. The Morgan fingerprint density at radius 3 is 2.48 bits per heavy atom. The van der Waals surface area contributed by atoms with Gasteiger partial charge < -0.3 is 4.74 Å². The van der Waals surface area contributed by atoms with E-state index in [4.69, 9.17) is 0 Å². The fourth-order valence-electron chi connectivity index (χ4n) is 2.53. The van der Waals surface area contributed by atoms with E-state index < -0.39 is 21.4 Å². The van der Waals surface area contributed by atoms with Crippen LogP contribution < -0.4 is 0 Å². The maximum atomic E-state index is 12.8. The van der Waals surface area contributed by atoms with Crippen LogP contribution in [0.1, 0.15) is 12.5 Å². The van der Waals surface area contributed by atoms with Crippen molar-refractivity contribution in [1.29, 1.82) is 0 Å². The van der Waals surface area contributed by atoms with Gasteiger partial charge >= 0.3 is 5.97 Å². The topological polar surface area (TPSA) is 63.7 Å². The molecule has 23 heavy (non-hydrogen) atoms. The summed E-state index contributed by atoms with van der Waals surface area (Å²) in [6, 6.07) is 6.72. The van der Waals surface area contributed by atoms with Crippen LogP contribution in [-0.2, 0) is 19.6 Å². The molecule has 1 fully saturated rings. The molecule has 1 aromatic carbocycles. The second kappa shape index (κ2) is 6.29. The first kappa shape index (κ1) is 17.4. The Kier molecular flexibility index (Phi) is 4.77. The van der Waals surface area contributed by atoms with Crippen LogP contribution in [-0.4, -0.2) is 38.9 Å². The number of carbonyl (C=O) groups is 1. The van der Waals surface area contributed by atoms with Crippen LogP contribution in [0.25, 0.3) is 0 Å². The standard InChI is InChI=1S/C17H21NO4S/c1-5-17(3)12-18(11-14(17)10-16(19)22-4)23(20,21)15-8-6-13(2)7-9-15/h5-10H,1,11-12H2,2-4H3/b14-10+. The predicted octanol–water partition coefficient (Wildman–Crippen LogP) is 2.29. The molecule has 1 aliphatic rings. The van der Waals surface area contributed by atoms with E-state index in [0.29, 0.717) is 5.57 Å². The number of rotatable bonds is 4. The zero-order valence-electron chi connectivity index (χ0n) is 13.6. The van der Waals surface area contributed by atoms with Gasteiger partial charge in [0.1, 0.15) is 0 Å². The van der Waals surface area contributed by atoms with Gasteiger partial charge in [-0.3, -0.25) is 0 Å². The summed E-state index contributed by atoms with van der Waals surface area (Å²) in [6.45, 7) is 7.94. The van der Waals surface area contributed by atoms with Gasteiger partial charge in [0.2, 0.25) is 10.0 Å². The van der Waals surface area contributed by atoms with Crippen molar-refractivity contribution in [3.63, 3.8) is 0 Å². The number of sulfonamides is 1. The molecule has 2 rings (SSSR count). The van der Waals surface area contributed by atoms with E-state index in [1.54, 1.807) is 30.3 Å². The number of carbonyl (C=O) groups excluding carboxylic acids is 1. The maximum absolute atomic E-state index is 12.8. The summed E-state index contributed by atoms with van der Waals surface area (Å²) in [5.74, 6) is -0.498. The lowest BCUT2D eigenvalue weighted by atomic mass is 9.85. The van der Waals surface area contributed by atoms with Gasteiger partial charge in [0.25, 0.3) is 0 Å². The molecular formula is C17H21NO4S. The Labute approximate surface area is 137 Å². The number of hydrogen-bond acceptors (Lipinski definition) is 4. The molecular weight excluding hydrogens is 314 g/mol. The summed E-state index contributed by atoms with van der Waals surface area (Å²) < 4.78 is 31.6. The van der Waals surface area contributed by atoms with Crippen LogP contribution in [0, 0.1) is 12.3 Å². The molecule has 0 aliphatic carbocycles. The Balaban J connectivity index is 2.38. The summed E-state index contributed by atoms with van der Waals surface area (Å²) >= 11 is 0. The van der Waals surface area contributed by atoms with E-state index in [1.807, 2.05) is 13.8 Å². The normalized spacial score (nSPS) is 23.9. The summed E-state index contributed by atoms with van der Waals surface area (Å²) in [5, 5.41) is 0. The molecule has 1 unspecified atom stereocenters. The van der Waals surface area contributed by atoms with Gasteiger partial charge in [-0.1, -0.05) is 30.7 Å². The molecule has 0 radical (unpaired) electrons. The Morgan fingerprint density at radius 2 is 1.96 bits per heavy atom. The molecule has 6 heteroatoms. The van der Waals surface area contributed by atoms with Crippen LogP contribution in [0.2, 0.25) is 0 Å². The molecule has 1 aliphatic heterocycles. The van der Waals surface area contributed by atoms with Crippen molar-refractivity contribution in [2.45, 2.75) is 18.7 Å². The van der Waals surface area contributed by atoms with Crippen molar-refractivity contribution in [1.82, 2.24) is 4.31 Å². The SMILES string of the molecule is C=CC1(C)CN(S(=O)(=O)c2ccc(C)cc2)C/C1=C\C(=O)OC. The lowest BCUT2D eigenvalue weighted by molar-refractivity contribution is -0.134. The first-order valence-electron chi connectivity index (χ1n) is 7.22. The Bertz CT molecular complexity index is 749. The largest absolute Gasteiger partial charge is 0.466 e. The molecule has 1 atom stereocenters. The fraction of sp³-hybridized carbons (Fsp3) is 0.353. The average molecular weight is 335 g/mol. The Hall–Kier alpha value is -1.92. The third-order valence-corrected chi connectivity index (χ3v) is 5.99. The minimum atomic E-state index is -3.62. The van der Waals surface area contributed by atoms with E-state index >= 15 is 0 Å². The highest BCUT2D eigenvalue weighted by Gasteiger charge is 2.42. The van der Waals surface area contributed by atoms with Crippen LogP contribution in [0.15, 0.2) is 53.5 Å². The van der Waals surface area contributed by atoms with Crippen LogP contribution in [0.5, 0.6) is 0 Å². The van der Waals surface area contributed by atoms with Gasteiger partial charge in [-0.05, 0) is 24.6 Å². The van der Waals surface area contributed by atoms with E-state index in [2.05, 4.69) is 11.3 Å². The summed E-state index contributed by atoms with van der Waals surface area (Å²) in [5.41, 5.74) is 1.08. The molecule has 0 N–H and O–H groups in total. The van der Waals surface area contributed by atoms with Gasteiger partial charge in [0, 0.05) is 24.6 Å². The van der Waals surface area contributed by atoms with E-state index in [9.17, 15) is 13.2 Å². The molecule has 1 saturated heterocycles. The van der Waals surface area contributed by atoms with Crippen molar-refractivity contribution in [3.8, 4) is 0 Å². The average Bonchev–Trinajstić information content (AvgIpc) is 2.86. The lowest BCUT2D eigenvalue weighted by Gasteiger charge is -2.21. The number of ether oxygens (including phenoxy) is 1. The predicted molar refractivity (Wildman–Crippen MR) is 88.3 cm³/mol. The molecule has 124 valence electrons. The third kappa shape index (κ3) is 3.38. The molecule has 0 saturated carbocycles. The summed E-state index contributed by atoms with van der Waals surface area (Å²) in [7, 11) is -2.33. The van der Waals surface area contributed by atoms with Crippen molar-refractivity contribution >= 4 is 16.0 Å². The second-order valence-electron chi connectivity index (χ2n) is 5.90. The van der Waals surface area contributed by atoms with E-state index in [0.717, 1.165) is 5.56 Å². The molecule has 0 bridgehead atoms. The Morgan fingerprint density at radius 1 is 1.35 bits per heavy atom. The number of nitrogens with zero attached hydrogens (tertiary/aromatic N) is 1. The van der Waals surface area contributed by atoms with Crippen LogP contribution in [0.3, 0.4) is 0 Å². The van der Waals surface area contributed by atoms with Gasteiger partial charge in [0.05, 0.1) is 12.0 Å². The second-order valence-corrected chi connectivity index (χ2v) is 7.84. The quantitative estimate of drug-likeness (QED) is 0.481. The highest BCUT2D eigenvalue weighted by atomic mass is 32.2. The smallest absolute Gasteiger partial charge is 0.330 e. The van der Waals surface area contributed by atoms with Crippen molar-refractivity contribution in [2.75, 3.05) is 20.2 Å². The highest BCUT2D eigenvalue weighted by molar-refractivity contribution is 7.89. The fourth-order valence-corrected chi connectivity index (χ4v) is 4.06. The molecule has 0 aromatic heterocycles. The molecule has 0 amide bonds. The van der Waals surface area contributed by atoms with Crippen molar-refractivity contribution < 1.29 is 17.9 Å². The summed E-state index contributed by atoms with van der Waals surface area (Å²) in [6.07, 6.45) is 3.03. The molecule has 1 aromatic rings. The lowest BCUT2D eigenvalue weighted by Crippen LogP contribution is -2.30. The summed E-state index contributed by atoms with van der Waals surface area (Å²) in [4.78, 5) is 11.8. The number of esters is 1. The van der Waals surface area contributed by atoms with Gasteiger partial charge in [-0.15, -0.1) is 6.58 Å². The molecule has 0 spiro atoms. The number of methoxy groups -OCH3 is 1. The highest BCUT2D eigenvalue weighted by Crippen LogP contribution is 2.38. The van der Waals surface area contributed by atoms with Gasteiger partial charge in [-0.2, -0.15) is 4.31 Å². The first-order chi connectivity index (χ1) is 10.7. The molecule has 5 nitrogen and oxygen atoms in total. The van der Waals surface area contributed by atoms with Gasteiger partial charge in [-0.25, -0.2) is 13.2 Å². The van der Waals surface area contributed by atoms with Crippen LogP contribution >= 0.6 is 0 Å².